The molecule has 0 aromatic carbocycles. The van der Waals surface area contributed by atoms with Crippen molar-refractivity contribution in [3.8, 4) is 0 Å². The molecule has 0 N–H and O–H groups in total. The predicted octanol–water partition coefficient (Wildman–Crippen LogP) is 4.61. The van der Waals surface area contributed by atoms with Crippen LogP contribution in [0.15, 0.2) is 22.3 Å². The van der Waals surface area contributed by atoms with Gasteiger partial charge in [-0.25, -0.2) is 0 Å². The van der Waals surface area contributed by atoms with Crippen LogP contribution in [0.2, 0.25) is 0 Å². The molecule has 1 aliphatic heterocycles. The lowest BCUT2D eigenvalue weighted by Gasteiger charge is -2.29. The molecule has 2 heteroatoms. The Kier molecular flexibility index (Phi) is 3.02. The van der Waals surface area contributed by atoms with Crippen LogP contribution in [0.4, 0.5) is 0 Å². The van der Waals surface area contributed by atoms with E-state index in [0.29, 0.717) is 0 Å². The van der Waals surface area contributed by atoms with Gasteiger partial charge in [0.15, 0.2) is 5.79 Å². The van der Waals surface area contributed by atoms with Crippen molar-refractivity contribution in [2.45, 2.75) is 66.6 Å². The van der Waals surface area contributed by atoms with Gasteiger partial charge < -0.3 is 9.47 Å². The maximum atomic E-state index is 5.97. The molecule has 0 atom stereocenters. The fourth-order valence-corrected chi connectivity index (χ4v) is 3.92. The molecule has 3 aliphatic rings. The van der Waals surface area contributed by atoms with Crippen molar-refractivity contribution in [1.82, 2.24) is 0 Å². The summed E-state index contributed by atoms with van der Waals surface area (Å²) in [5, 5.41) is 0. The third kappa shape index (κ3) is 2.17. The van der Waals surface area contributed by atoms with Gasteiger partial charge in [0.2, 0.25) is 0 Å². The van der Waals surface area contributed by atoms with Gasteiger partial charge in [-0.15, -0.1) is 0 Å². The molecule has 2 aliphatic carbocycles. The molecule has 1 saturated carbocycles. The summed E-state index contributed by atoms with van der Waals surface area (Å²) >= 11 is 0. The molecule has 2 fully saturated rings. The number of rotatable bonds is 0. The Morgan fingerprint density at radius 2 is 1.15 bits per heavy atom. The lowest BCUT2D eigenvalue weighted by Crippen LogP contribution is -2.26. The molecule has 0 radical (unpaired) electrons. The molecule has 1 heterocycles. The Morgan fingerprint density at radius 3 is 1.50 bits per heavy atom. The maximum absolute atomic E-state index is 5.97. The molecule has 0 aromatic heterocycles. The van der Waals surface area contributed by atoms with Gasteiger partial charge >= 0.3 is 0 Å². The number of hydrogen-bond donors (Lipinski definition) is 0. The lowest BCUT2D eigenvalue weighted by molar-refractivity contribution is -0.145. The van der Waals surface area contributed by atoms with Crippen molar-refractivity contribution in [3.05, 3.63) is 22.3 Å². The van der Waals surface area contributed by atoms with Crippen molar-refractivity contribution in [2.75, 3.05) is 13.2 Å². The standard InChI is InChI=1S/C18H28O2/c1-16(2,3)14-9-15(17(4,5)6)13-11-18(10-12(13)14)19-7-8-20-18/h7-11H2,1-6H3. The van der Waals surface area contributed by atoms with Crippen LogP contribution < -0.4 is 0 Å². The van der Waals surface area contributed by atoms with Crippen molar-refractivity contribution in [3.63, 3.8) is 0 Å². The fourth-order valence-electron chi connectivity index (χ4n) is 3.92. The molecule has 0 aromatic rings. The van der Waals surface area contributed by atoms with E-state index in [4.69, 9.17) is 9.47 Å². The molecular formula is C18H28O2. The van der Waals surface area contributed by atoms with Gasteiger partial charge in [0.05, 0.1) is 13.2 Å². The minimum absolute atomic E-state index is 0.234. The SMILES string of the molecule is CC(C)(C)C1=C2CC3(CC2=C(C(C)(C)C)C1)OCCO3. The molecule has 20 heavy (non-hydrogen) atoms. The van der Waals surface area contributed by atoms with E-state index in [1.54, 1.807) is 22.3 Å². The molecule has 112 valence electrons. The van der Waals surface area contributed by atoms with Gasteiger partial charge in [0, 0.05) is 12.8 Å². The minimum Gasteiger partial charge on any atom is -0.347 e. The highest BCUT2D eigenvalue weighted by molar-refractivity contribution is 5.54. The minimum atomic E-state index is -0.335. The summed E-state index contributed by atoms with van der Waals surface area (Å²) in [6.07, 6.45) is 3.05. The van der Waals surface area contributed by atoms with Gasteiger partial charge in [0.1, 0.15) is 0 Å². The smallest absolute Gasteiger partial charge is 0.176 e. The van der Waals surface area contributed by atoms with E-state index in [1.807, 2.05) is 0 Å². The zero-order valence-electron chi connectivity index (χ0n) is 13.9. The van der Waals surface area contributed by atoms with Gasteiger partial charge in [-0.1, -0.05) is 52.7 Å². The van der Waals surface area contributed by atoms with Crippen LogP contribution in [-0.2, 0) is 9.47 Å². The molecule has 0 unspecified atom stereocenters. The van der Waals surface area contributed by atoms with Crippen LogP contribution >= 0.6 is 0 Å². The molecule has 1 spiro atoms. The maximum Gasteiger partial charge on any atom is 0.176 e. The second-order valence-electron chi connectivity index (χ2n) is 8.55. The van der Waals surface area contributed by atoms with E-state index >= 15 is 0 Å². The summed E-state index contributed by atoms with van der Waals surface area (Å²) in [6.45, 7) is 15.5. The molecule has 1 saturated heterocycles. The summed E-state index contributed by atoms with van der Waals surface area (Å²) in [4.78, 5) is 0. The van der Waals surface area contributed by atoms with E-state index in [-0.39, 0.29) is 16.6 Å². The van der Waals surface area contributed by atoms with Crippen molar-refractivity contribution < 1.29 is 9.47 Å². The first-order valence-electron chi connectivity index (χ1n) is 7.86. The normalized spacial score (nSPS) is 26.1. The molecule has 2 nitrogen and oxygen atoms in total. The Balaban J connectivity index is 2.05. The molecule has 3 rings (SSSR count). The van der Waals surface area contributed by atoms with Gasteiger partial charge in [0.25, 0.3) is 0 Å². The third-order valence-electron chi connectivity index (χ3n) is 4.96. The van der Waals surface area contributed by atoms with Crippen LogP contribution in [0.5, 0.6) is 0 Å². The Hall–Kier alpha value is -0.600. The number of ether oxygens (including phenoxy) is 2. The van der Waals surface area contributed by atoms with Crippen LogP contribution in [0, 0.1) is 10.8 Å². The fraction of sp³-hybridized carbons (Fsp3) is 0.778. The first-order chi connectivity index (χ1) is 9.12. The molecular weight excluding hydrogens is 248 g/mol. The van der Waals surface area contributed by atoms with Crippen LogP contribution in [0.1, 0.15) is 60.8 Å². The third-order valence-corrected chi connectivity index (χ3v) is 4.96. The van der Waals surface area contributed by atoms with E-state index in [2.05, 4.69) is 41.5 Å². The van der Waals surface area contributed by atoms with Crippen LogP contribution in [0.3, 0.4) is 0 Å². The number of fused-ring (bicyclic) bond motifs is 1. The second-order valence-corrected chi connectivity index (χ2v) is 8.55. The topological polar surface area (TPSA) is 18.5 Å². The first-order valence-corrected chi connectivity index (χ1v) is 7.86. The van der Waals surface area contributed by atoms with Crippen molar-refractivity contribution >= 4 is 0 Å². The van der Waals surface area contributed by atoms with Crippen LogP contribution in [-0.4, -0.2) is 19.0 Å². The summed E-state index contributed by atoms with van der Waals surface area (Å²) in [7, 11) is 0. The highest BCUT2D eigenvalue weighted by Crippen LogP contribution is 2.57. The Bertz CT molecular complexity index is 448. The first kappa shape index (κ1) is 14.3. The largest absolute Gasteiger partial charge is 0.347 e. The average molecular weight is 276 g/mol. The van der Waals surface area contributed by atoms with Crippen molar-refractivity contribution in [2.24, 2.45) is 10.8 Å². The summed E-state index contributed by atoms with van der Waals surface area (Å²) in [5.74, 6) is -0.335. The van der Waals surface area contributed by atoms with E-state index in [9.17, 15) is 0 Å². The van der Waals surface area contributed by atoms with Crippen LogP contribution in [0.25, 0.3) is 0 Å². The number of hydrogen-bond acceptors (Lipinski definition) is 2. The quantitative estimate of drug-likeness (QED) is 0.643. The van der Waals surface area contributed by atoms with E-state index in [1.165, 1.54) is 0 Å². The summed E-state index contributed by atoms with van der Waals surface area (Å²) in [5.41, 5.74) is 6.77. The summed E-state index contributed by atoms with van der Waals surface area (Å²) in [6, 6.07) is 0. The average Bonchev–Trinajstić information content (AvgIpc) is 2.90. The predicted molar refractivity (Wildman–Crippen MR) is 81.4 cm³/mol. The number of allylic oxidation sites excluding steroid dienone is 2. The highest BCUT2D eigenvalue weighted by atomic mass is 16.7. The van der Waals surface area contributed by atoms with Gasteiger partial charge in [-0.3, -0.25) is 0 Å². The van der Waals surface area contributed by atoms with Crippen molar-refractivity contribution in [1.29, 1.82) is 0 Å². The highest BCUT2D eigenvalue weighted by Gasteiger charge is 2.49. The summed E-state index contributed by atoms with van der Waals surface area (Å²) < 4.78 is 11.9. The lowest BCUT2D eigenvalue weighted by atomic mass is 9.78. The van der Waals surface area contributed by atoms with Gasteiger partial charge in [-0.2, -0.15) is 0 Å². The molecule has 0 bridgehead atoms. The van der Waals surface area contributed by atoms with E-state index in [0.717, 1.165) is 32.5 Å². The zero-order valence-corrected chi connectivity index (χ0v) is 13.9. The Morgan fingerprint density at radius 1 is 0.750 bits per heavy atom. The molecule has 0 amide bonds. The second kappa shape index (κ2) is 4.20. The Labute approximate surface area is 123 Å². The van der Waals surface area contributed by atoms with E-state index < -0.39 is 0 Å². The monoisotopic (exact) mass is 276 g/mol. The van der Waals surface area contributed by atoms with Gasteiger partial charge in [-0.05, 0) is 28.4 Å². The zero-order chi connectivity index (χ0) is 14.8.